The first-order chi connectivity index (χ1) is 17.8. The minimum Gasteiger partial charge on any atom is -0.772 e. The zero-order valence-corrected chi connectivity index (χ0v) is 20.9. The number of carbonyl (C=O) groups is 1. The zero-order valence-electron chi connectivity index (χ0n) is 20.1. The van der Waals surface area contributed by atoms with E-state index in [0.29, 0.717) is 23.0 Å². The van der Waals surface area contributed by atoms with E-state index >= 15 is 0 Å². The molecule has 37 heavy (non-hydrogen) atoms. The Morgan fingerprint density at radius 1 is 1.11 bits per heavy atom. The summed E-state index contributed by atoms with van der Waals surface area (Å²) < 4.78 is 28.4. The summed E-state index contributed by atoms with van der Waals surface area (Å²) in [4.78, 5) is 30.6. The molecule has 0 aliphatic heterocycles. The number of benzene rings is 2. The quantitative estimate of drug-likeness (QED) is 0.240. The molecule has 2 heterocycles. The van der Waals surface area contributed by atoms with Gasteiger partial charge in [0.15, 0.2) is 6.29 Å². The molecule has 4 rings (SSSR count). The van der Waals surface area contributed by atoms with Crippen LogP contribution in [-0.2, 0) is 41.0 Å². The molecule has 0 aliphatic rings. The molecule has 2 aromatic carbocycles. The van der Waals surface area contributed by atoms with Gasteiger partial charge in [-0.1, -0.05) is 65.7 Å². The Balaban J connectivity index is 1.88. The summed E-state index contributed by atoms with van der Waals surface area (Å²) in [6.07, 6.45) is 0.844. The van der Waals surface area contributed by atoms with E-state index in [9.17, 15) is 23.5 Å². The number of ether oxygens (including phenoxy) is 1. The van der Waals surface area contributed by atoms with Crippen molar-refractivity contribution in [2.45, 2.75) is 31.4 Å². The number of carbonyl (C=O) groups excluding carboxylic acids is 1. The van der Waals surface area contributed by atoms with Crippen LogP contribution >= 0.6 is 0 Å². The average Bonchev–Trinajstić information content (AvgIpc) is 2.87. The molecule has 0 spiro atoms. The molecule has 0 aliphatic carbocycles. The second kappa shape index (κ2) is 11.6. The van der Waals surface area contributed by atoms with Gasteiger partial charge in [0.1, 0.15) is 5.56 Å². The first kappa shape index (κ1) is 26.4. The molecule has 2 aromatic heterocycles. The third kappa shape index (κ3) is 6.17. The Morgan fingerprint density at radius 2 is 1.78 bits per heavy atom. The zero-order chi connectivity index (χ0) is 26.5. The third-order valence-electron chi connectivity index (χ3n) is 6.06. The average molecular weight is 521 g/mol. The number of pyridine rings is 2. The normalized spacial score (nSPS) is 12.9. The molecule has 1 amide bonds. The molecule has 0 bridgehead atoms. The fraction of sp³-hybridized carbons (Fsp3) is 0.222. The number of aliphatic hydroxyl groups is 1. The van der Waals surface area contributed by atoms with E-state index in [1.165, 1.54) is 11.7 Å². The van der Waals surface area contributed by atoms with Crippen LogP contribution in [0, 0.1) is 0 Å². The molecular weight excluding hydrogens is 494 g/mol. The van der Waals surface area contributed by atoms with Crippen molar-refractivity contribution in [3.63, 3.8) is 0 Å². The molecule has 2 unspecified atom stereocenters. The van der Waals surface area contributed by atoms with Crippen molar-refractivity contribution < 1.29 is 23.4 Å². The van der Waals surface area contributed by atoms with E-state index in [0.717, 1.165) is 16.7 Å². The molecule has 0 radical (unpaired) electrons. The number of nitrogens with zero attached hydrogens (tertiary/aromatic N) is 2. The number of hydrogen-bond donors (Lipinski definition) is 2. The van der Waals surface area contributed by atoms with Gasteiger partial charge in [-0.3, -0.25) is 18.8 Å². The lowest BCUT2D eigenvalue weighted by Gasteiger charge is -2.18. The molecule has 0 fully saturated rings. The van der Waals surface area contributed by atoms with Crippen LogP contribution in [0.1, 0.15) is 38.2 Å². The summed E-state index contributed by atoms with van der Waals surface area (Å²) in [5.74, 6) is -1.04. The lowest BCUT2D eigenvalue weighted by atomic mass is 10.00. The Bertz CT molecular complexity index is 1500. The largest absolute Gasteiger partial charge is 0.772 e. The Hall–Kier alpha value is -3.70. The van der Waals surface area contributed by atoms with Crippen LogP contribution in [0.3, 0.4) is 0 Å². The van der Waals surface area contributed by atoms with Gasteiger partial charge in [0, 0.05) is 31.0 Å². The van der Waals surface area contributed by atoms with Crippen molar-refractivity contribution in [2.24, 2.45) is 5.73 Å². The fourth-order valence-electron chi connectivity index (χ4n) is 4.28. The number of hydrogen-bond acceptors (Lipinski definition) is 7. The predicted molar refractivity (Wildman–Crippen MR) is 139 cm³/mol. The number of fused-ring (bicyclic) bond motifs is 1. The standard InChI is InChI=1S/C27H27N3O6S/c1-36-23(31)13-21-24(26(28)32)27(33)30(15-18-7-9-19(10-8-18)16-37(34)35)22-12-20(14-29-25(21)22)11-17-5-3-2-4-6-17/h2-10,12,14,23,31H,11,13,15-16H2,1H3,(H2,28,32)(H,34,35)/p-1. The predicted octanol–water partition coefficient (Wildman–Crippen LogP) is 2.02. The number of amides is 1. The lowest BCUT2D eigenvalue weighted by Crippen LogP contribution is -2.33. The lowest BCUT2D eigenvalue weighted by molar-refractivity contribution is -0.0719. The highest BCUT2D eigenvalue weighted by atomic mass is 32.2. The topological polar surface area (TPSA) is 148 Å². The van der Waals surface area contributed by atoms with Gasteiger partial charge in [-0.15, -0.1) is 0 Å². The monoisotopic (exact) mass is 520 g/mol. The highest BCUT2D eigenvalue weighted by Crippen LogP contribution is 2.23. The Morgan fingerprint density at radius 3 is 2.41 bits per heavy atom. The van der Waals surface area contributed by atoms with Crippen LogP contribution in [0.25, 0.3) is 11.0 Å². The van der Waals surface area contributed by atoms with Crippen LogP contribution in [0.4, 0.5) is 0 Å². The highest BCUT2D eigenvalue weighted by Gasteiger charge is 2.24. The number of primary amides is 1. The van der Waals surface area contributed by atoms with Crippen molar-refractivity contribution in [1.29, 1.82) is 0 Å². The van der Waals surface area contributed by atoms with Crippen molar-refractivity contribution >= 4 is 28.0 Å². The minimum atomic E-state index is -2.22. The summed E-state index contributed by atoms with van der Waals surface area (Å²) >= 11 is -2.22. The molecule has 192 valence electrons. The number of aliphatic hydroxyl groups excluding tert-OH is 1. The molecule has 2 atom stereocenters. The van der Waals surface area contributed by atoms with E-state index in [1.807, 2.05) is 36.4 Å². The number of methoxy groups -OCH3 is 1. The molecule has 10 heteroatoms. The number of rotatable bonds is 10. The summed E-state index contributed by atoms with van der Waals surface area (Å²) in [6, 6.07) is 18.4. The van der Waals surface area contributed by atoms with Crippen molar-refractivity contribution in [3.8, 4) is 0 Å². The summed E-state index contributed by atoms with van der Waals surface area (Å²) in [6.45, 7) is 0.0972. The maximum atomic E-state index is 13.6. The van der Waals surface area contributed by atoms with Crippen LogP contribution < -0.4 is 11.3 Å². The summed E-state index contributed by atoms with van der Waals surface area (Å²) in [5, 5.41) is 10.2. The van der Waals surface area contributed by atoms with Gasteiger partial charge < -0.3 is 24.7 Å². The molecule has 0 saturated heterocycles. The maximum absolute atomic E-state index is 13.6. The summed E-state index contributed by atoms with van der Waals surface area (Å²) in [5.41, 5.74) is 9.06. The Kier molecular flexibility index (Phi) is 8.24. The Labute approximate surface area is 215 Å². The van der Waals surface area contributed by atoms with Gasteiger partial charge in [0.2, 0.25) is 0 Å². The smallest absolute Gasteiger partial charge is 0.264 e. The second-order valence-electron chi connectivity index (χ2n) is 8.64. The number of aromatic nitrogens is 2. The van der Waals surface area contributed by atoms with Crippen LogP contribution in [0.5, 0.6) is 0 Å². The van der Waals surface area contributed by atoms with Crippen LogP contribution in [0.15, 0.2) is 71.7 Å². The minimum absolute atomic E-state index is 0.0972. The van der Waals surface area contributed by atoms with Crippen LogP contribution in [-0.4, -0.2) is 42.7 Å². The van der Waals surface area contributed by atoms with Crippen molar-refractivity contribution in [2.75, 3.05) is 7.11 Å². The van der Waals surface area contributed by atoms with Crippen LogP contribution in [0.2, 0.25) is 0 Å². The summed E-state index contributed by atoms with van der Waals surface area (Å²) in [7, 11) is 1.31. The van der Waals surface area contributed by atoms with Gasteiger partial charge in [0.25, 0.3) is 11.5 Å². The molecule has 9 nitrogen and oxygen atoms in total. The maximum Gasteiger partial charge on any atom is 0.264 e. The van der Waals surface area contributed by atoms with Gasteiger partial charge in [-0.25, -0.2) is 0 Å². The third-order valence-corrected chi connectivity index (χ3v) is 6.63. The first-order valence-electron chi connectivity index (χ1n) is 11.5. The fourth-order valence-corrected chi connectivity index (χ4v) is 4.75. The van der Waals surface area contributed by atoms with E-state index < -0.39 is 28.8 Å². The van der Waals surface area contributed by atoms with Gasteiger partial charge in [-0.05, 0) is 34.7 Å². The van der Waals surface area contributed by atoms with E-state index in [2.05, 4.69) is 4.98 Å². The van der Waals surface area contributed by atoms with E-state index in [1.54, 1.807) is 30.5 Å². The molecular formula is C27H26N3O6S-. The number of nitrogens with two attached hydrogens (primary N) is 1. The van der Waals surface area contributed by atoms with Gasteiger partial charge >= 0.3 is 0 Å². The first-order valence-corrected chi connectivity index (χ1v) is 12.7. The molecule has 3 N–H and O–H groups in total. The van der Waals surface area contributed by atoms with E-state index in [4.69, 9.17) is 10.5 Å². The molecule has 0 saturated carbocycles. The van der Waals surface area contributed by atoms with Crippen molar-refractivity contribution in [3.05, 3.63) is 111 Å². The second-order valence-corrected chi connectivity index (χ2v) is 9.54. The highest BCUT2D eigenvalue weighted by molar-refractivity contribution is 7.78. The van der Waals surface area contributed by atoms with E-state index in [-0.39, 0.29) is 29.8 Å². The SMILES string of the molecule is COC(O)Cc1c(C(N)=O)c(=O)n(Cc2ccc(CS(=O)[O-])cc2)c2cc(Cc3ccccc3)cnc12. The van der Waals surface area contributed by atoms with Gasteiger partial charge in [-0.2, -0.15) is 0 Å². The van der Waals surface area contributed by atoms with Gasteiger partial charge in [0.05, 0.1) is 17.6 Å². The van der Waals surface area contributed by atoms with Crippen molar-refractivity contribution in [1.82, 2.24) is 9.55 Å². The molecule has 4 aromatic rings.